The minimum atomic E-state index is 0.733. The highest BCUT2D eigenvalue weighted by Gasteiger charge is 2.06. The Kier molecular flexibility index (Phi) is 3.55. The molecule has 2 nitrogen and oxygen atoms in total. The second-order valence-electron chi connectivity index (χ2n) is 4.53. The van der Waals surface area contributed by atoms with E-state index in [1.807, 2.05) is 54.6 Å². The lowest BCUT2D eigenvalue weighted by Gasteiger charge is -1.94. The van der Waals surface area contributed by atoms with Crippen molar-refractivity contribution >= 4 is 56.3 Å². The van der Waals surface area contributed by atoms with Gasteiger partial charge in [0.15, 0.2) is 0 Å². The quantitative estimate of drug-likeness (QED) is 0.646. The van der Waals surface area contributed by atoms with E-state index < -0.39 is 0 Å². The molecule has 3 N–H and O–H groups in total. The van der Waals surface area contributed by atoms with Gasteiger partial charge in [0.25, 0.3) is 0 Å². The highest BCUT2D eigenvalue weighted by molar-refractivity contribution is 9.10. The average Bonchev–Trinajstić information content (AvgIpc) is 2.74. The molecule has 0 amide bonds. The molecule has 3 rings (SSSR count). The van der Waals surface area contributed by atoms with E-state index in [-0.39, 0.29) is 0 Å². The van der Waals surface area contributed by atoms with Crippen LogP contribution in [0.25, 0.3) is 23.1 Å². The Bertz CT molecular complexity index is 788. The molecule has 0 fully saturated rings. The van der Waals surface area contributed by atoms with Crippen molar-refractivity contribution in [3.8, 4) is 0 Å². The minimum absolute atomic E-state index is 0.733. The molecular weight excluding hydrogens is 336 g/mol. The summed E-state index contributed by atoms with van der Waals surface area (Å²) in [6.45, 7) is 0. The fraction of sp³-hybridized carbons (Fsp3) is 0. The molecule has 0 radical (unpaired) electrons. The van der Waals surface area contributed by atoms with Crippen LogP contribution in [-0.2, 0) is 0 Å². The summed E-state index contributed by atoms with van der Waals surface area (Å²) >= 11 is 9.32. The third-order valence-electron chi connectivity index (χ3n) is 3.14. The minimum Gasteiger partial charge on any atom is -0.396 e. The van der Waals surface area contributed by atoms with E-state index in [1.54, 1.807) is 0 Å². The predicted octanol–water partition coefficient (Wildman–Crippen LogP) is 5.34. The third-order valence-corrected chi connectivity index (χ3v) is 3.89. The van der Waals surface area contributed by atoms with Crippen molar-refractivity contribution in [1.29, 1.82) is 0 Å². The number of nitrogens with two attached hydrogens (primary N) is 1. The fourth-order valence-electron chi connectivity index (χ4n) is 2.10. The van der Waals surface area contributed by atoms with Crippen molar-refractivity contribution < 1.29 is 0 Å². The predicted molar refractivity (Wildman–Crippen MR) is 90.8 cm³/mol. The number of fused-ring (bicyclic) bond motifs is 1. The monoisotopic (exact) mass is 346 g/mol. The van der Waals surface area contributed by atoms with Crippen LogP contribution in [0.2, 0.25) is 5.02 Å². The van der Waals surface area contributed by atoms with Gasteiger partial charge < -0.3 is 10.7 Å². The average molecular weight is 348 g/mol. The lowest BCUT2D eigenvalue weighted by Crippen LogP contribution is -1.85. The Morgan fingerprint density at radius 2 is 1.80 bits per heavy atom. The summed E-state index contributed by atoms with van der Waals surface area (Å²) in [6, 6.07) is 13.7. The normalized spacial score (nSPS) is 11.5. The SMILES string of the molecule is Nc1c(C=Cc2ccc(Cl)cc2)[nH]c2cc(Br)ccc12. The Morgan fingerprint density at radius 1 is 1.05 bits per heavy atom. The van der Waals surface area contributed by atoms with Gasteiger partial charge in [-0.2, -0.15) is 0 Å². The molecule has 2 aromatic carbocycles. The van der Waals surface area contributed by atoms with E-state index in [2.05, 4.69) is 20.9 Å². The maximum atomic E-state index is 6.16. The molecule has 0 bridgehead atoms. The fourth-order valence-corrected chi connectivity index (χ4v) is 2.58. The number of aromatic amines is 1. The zero-order valence-corrected chi connectivity index (χ0v) is 12.9. The summed E-state index contributed by atoms with van der Waals surface area (Å²) in [6.07, 6.45) is 3.99. The van der Waals surface area contributed by atoms with Crippen LogP contribution in [0.1, 0.15) is 11.3 Å². The summed E-state index contributed by atoms with van der Waals surface area (Å²) in [5.41, 5.74) is 9.93. The molecule has 0 saturated heterocycles. The number of nitrogens with one attached hydrogen (secondary N) is 1. The Balaban J connectivity index is 1.98. The smallest absolute Gasteiger partial charge is 0.0648 e. The van der Waals surface area contributed by atoms with Crippen molar-refractivity contribution in [3.63, 3.8) is 0 Å². The number of benzene rings is 2. The first-order valence-corrected chi connectivity index (χ1v) is 7.31. The largest absolute Gasteiger partial charge is 0.396 e. The molecule has 0 aliphatic rings. The lowest BCUT2D eigenvalue weighted by atomic mass is 10.2. The van der Waals surface area contributed by atoms with Gasteiger partial charge in [-0.1, -0.05) is 45.7 Å². The summed E-state index contributed by atoms with van der Waals surface area (Å²) in [5, 5.41) is 1.76. The number of H-pyrrole nitrogens is 1. The van der Waals surface area contributed by atoms with Crippen molar-refractivity contribution in [2.24, 2.45) is 0 Å². The number of hydrogen-bond donors (Lipinski definition) is 2. The molecule has 4 heteroatoms. The number of halogens is 2. The molecular formula is C16H12BrClN2. The molecule has 0 aliphatic carbocycles. The van der Waals surface area contributed by atoms with Crippen LogP contribution in [-0.4, -0.2) is 4.98 Å². The van der Waals surface area contributed by atoms with E-state index >= 15 is 0 Å². The second-order valence-corrected chi connectivity index (χ2v) is 5.88. The summed E-state index contributed by atoms with van der Waals surface area (Å²) < 4.78 is 1.03. The van der Waals surface area contributed by atoms with Gasteiger partial charge in [0.2, 0.25) is 0 Å². The van der Waals surface area contributed by atoms with Gasteiger partial charge in [0, 0.05) is 20.4 Å². The zero-order valence-electron chi connectivity index (χ0n) is 10.5. The third kappa shape index (κ3) is 2.60. The maximum Gasteiger partial charge on any atom is 0.0648 e. The summed E-state index contributed by atoms with van der Waals surface area (Å²) in [5.74, 6) is 0. The molecule has 1 aromatic heterocycles. The molecule has 100 valence electrons. The van der Waals surface area contributed by atoms with Gasteiger partial charge in [0.1, 0.15) is 0 Å². The number of aromatic nitrogens is 1. The standard InChI is InChI=1S/C16H12BrClN2/c17-11-4-7-13-15(9-11)20-14(16(13)19)8-3-10-1-5-12(18)6-2-10/h1-9,20H,19H2. The van der Waals surface area contributed by atoms with Crippen LogP contribution >= 0.6 is 27.5 Å². The Labute approximate surface area is 130 Å². The molecule has 1 heterocycles. The van der Waals surface area contributed by atoms with Crippen LogP contribution < -0.4 is 5.73 Å². The first-order chi connectivity index (χ1) is 9.63. The lowest BCUT2D eigenvalue weighted by molar-refractivity contribution is 1.43. The van der Waals surface area contributed by atoms with Crippen LogP contribution in [0.3, 0.4) is 0 Å². The van der Waals surface area contributed by atoms with Crippen LogP contribution in [0, 0.1) is 0 Å². The maximum absolute atomic E-state index is 6.16. The van der Waals surface area contributed by atoms with Gasteiger partial charge in [-0.3, -0.25) is 0 Å². The van der Waals surface area contributed by atoms with E-state index in [0.717, 1.165) is 37.3 Å². The van der Waals surface area contributed by atoms with Crippen molar-refractivity contribution in [1.82, 2.24) is 4.98 Å². The topological polar surface area (TPSA) is 41.8 Å². The van der Waals surface area contributed by atoms with E-state index in [1.165, 1.54) is 0 Å². The van der Waals surface area contributed by atoms with Gasteiger partial charge in [-0.15, -0.1) is 0 Å². The molecule has 3 aromatic rings. The van der Waals surface area contributed by atoms with Crippen LogP contribution in [0.5, 0.6) is 0 Å². The Hall–Kier alpha value is -1.71. The van der Waals surface area contributed by atoms with Crippen molar-refractivity contribution in [3.05, 3.63) is 63.2 Å². The number of anilines is 1. The Morgan fingerprint density at radius 3 is 2.55 bits per heavy atom. The van der Waals surface area contributed by atoms with E-state index in [9.17, 15) is 0 Å². The molecule has 0 spiro atoms. The molecule has 0 saturated carbocycles. The number of rotatable bonds is 2. The summed E-state index contributed by atoms with van der Waals surface area (Å²) in [7, 11) is 0. The van der Waals surface area contributed by atoms with Gasteiger partial charge in [-0.05, 0) is 42.0 Å². The highest BCUT2D eigenvalue weighted by Crippen LogP contribution is 2.28. The van der Waals surface area contributed by atoms with Crippen molar-refractivity contribution in [2.45, 2.75) is 0 Å². The van der Waals surface area contributed by atoms with Gasteiger partial charge >= 0.3 is 0 Å². The summed E-state index contributed by atoms with van der Waals surface area (Å²) in [4.78, 5) is 3.32. The zero-order chi connectivity index (χ0) is 14.1. The molecule has 20 heavy (non-hydrogen) atoms. The van der Waals surface area contributed by atoms with Crippen molar-refractivity contribution in [2.75, 3.05) is 5.73 Å². The molecule has 0 unspecified atom stereocenters. The molecule has 0 aliphatic heterocycles. The first-order valence-electron chi connectivity index (χ1n) is 6.14. The van der Waals surface area contributed by atoms with Crippen LogP contribution in [0.15, 0.2) is 46.9 Å². The number of hydrogen-bond acceptors (Lipinski definition) is 1. The van der Waals surface area contributed by atoms with E-state index in [4.69, 9.17) is 17.3 Å². The first kappa shape index (κ1) is 13.3. The van der Waals surface area contributed by atoms with Gasteiger partial charge in [-0.25, -0.2) is 0 Å². The van der Waals surface area contributed by atoms with E-state index in [0.29, 0.717) is 0 Å². The van der Waals surface area contributed by atoms with Gasteiger partial charge in [0.05, 0.1) is 11.4 Å². The highest BCUT2D eigenvalue weighted by atomic mass is 79.9. The second kappa shape index (κ2) is 5.35. The molecule has 0 atom stereocenters. The van der Waals surface area contributed by atoms with Crippen LogP contribution in [0.4, 0.5) is 5.69 Å². The number of nitrogen functional groups attached to an aromatic ring is 1.